The van der Waals surface area contributed by atoms with E-state index >= 15 is 0 Å². The van der Waals surface area contributed by atoms with E-state index in [1.807, 2.05) is 50.2 Å². The van der Waals surface area contributed by atoms with Crippen molar-refractivity contribution in [2.75, 3.05) is 31.5 Å². The number of benzene rings is 2. The number of anilines is 2. The van der Waals surface area contributed by atoms with E-state index in [4.69, 9.17) is 14.2 Å². The molecule has 0 aromatic heterocycles. The predicted octanol–water partition coefficient (Wildman–Crippen LogP) is 5.09. The van der Waals surface area contributed by atoms with Crippen LogP contribution in [0.15, 0.2) is 52.1 Å². The second kappa shape index (κ2) is 9.47. The molecule has 2 aromatic carbocycles. The lowest BCUT2D eigenvalue weighted by molar-refractivity contribution is -0.151. The molecular weight excluding hydrogens is 488 g/mol. The molecule has 7 nitrogen and oxygen atoms in total. The lowest BCUT2D eigenvalue weighted by Crippen LogP contribution is -2.39. The van der Waals surface area contributed by atoms with Crippen LogP contribution in [0.3, 0.4) is 0 Å². The van der Waals surface area contributed by atoms with Gasteiger partial charge in [0.25, 0.3) is 0 Å². The molecule has 2 aliphatic rings. The first-order valence-electron chi connectivity index (χ1n) is 10.9. The number of fused-ring (bicyclic) bond motifs is 1. The Labute approximate surface area is 201 Å². The summed E-state index contributed by atoms with van der Waals surface area (Å²) in [6.07, 6.45) is 0.545. The largest absolute Gasteiger partial charge is 0.492 e. The molecule has 0 radical (unpaired) electrons. The maximum Gasteiger partial charge on any atom is 0.316 e. The van der Waals surface area contributed by atoms with Gasteiger partial charge in [-0.05, 0) is 65.0 Å². The molecule has 0 bridgehead atoms. The van der Waals surface area contributed by atoms with Crippen LogP contribution in [0.4, 0.5) is 11.4 Å². The third-order valence-electron chi connectivity index (χ3n) is 6.09. The van der Waals surface area contributed by atoms with Crippen LogP contribution >= 0.6 is 15.9 Å². The molecule has 3 atom stereocenters. The number of hydrogen-bond acceptors (Lipinski definition) is 7. The third-order valence-corrected chi connectivity index (χ3v) is 6.68. The van der Waals surface area contributed by atoms with Gasteiger partial charge in [0.1, 0.15) is 5.92 Å². The predicted molar refractivity (Wildman–Crippen MR) is 130 cm³/mol. The maximum absolute atomic E-state index is 13.8. The Morgan fingerprint density at radius 2 is 1.91 bits per heavy atom. The zero-order valence-electron chi connectivity index (χ0n) is 19.0. The summed E-state index contributed by atoms with van der Waals surface area (Å²) in [6.45, 7) is 4.27. The number of hydrogen-bond donors (Lipinski definition) is 2. The van der Waals surface area contributed by atoms with E-state index < -0.39 is 17.9 Å². The first kappa shape index (κ1) is 23.2. The number of halogens is 1. The number of ether oxygens (including phenoxy) is 3. The summed E-state index contributed by atoms with van der Waals surface area (Å²) in [6, 6.07) is 11.1. The molecule has 2 N–H and O–H groups in total. The minimum Gasteiger partial charge on any atom is -0.492 e. The number of rotatable bonds is 5. The quantitative estimate of drug-likeness (QED) is 0.424. The highest BCUT2D eigenvalue weighted by Crippen LogP contribution is 2.46. The summed E-state index contributed by atoms with van der Waals surface area (Å²) < 4.78 is 17.0. The van der Waals surface area contributed by atoms with Crippen molar-refractivity contribution in [2.24, 2.45) is 11.8 Å². The number of carbonyl (C=O) groups excluding carboxylic acids is 2. The van der Waals surface area contributed by atoms with Gasteiger partial charge in [-0.25, -0.2) is 0 Å². The summed E-state index contributed by atoms with van der Waals surface area (Å²) in [7, 11) is 2.90. The average molecular weight is 515 g/mol. The molecule has 0 fully saturated rings. The molecule has 0 amide bonds. The average Bonchev–Trinajstić information content (AvgIpc) is 2.95. The van der Waals surface area contributed by atoms with E-state index in [1.54, 1.807) is 7.11 Å². The van der Waals surface area contributed by atoms with Crippen molar-refractivity contribution in [3.8, 4) is 11.5 Å². The smallest absolute Gasteiger partial charge is 0.316 e. The van der Waals surface area contributed by atoms with Crippen LogP contribution in [-0.2, 0) is 14.3 Å². The summed E-state index contributed by atoms with van der Waals surface area (Å²) in [5.74, 6) is -0.639. The van der Waals surface area contributed by atoms with E-state index in [-0.39, 0.29) is 11.7 Å². The molecule has 174 valence electrons. The van der Waals surface area contributed by atoms with E-state index in [1.165, 1.54) is 7.11 Å². The van der Waals surface area contributed by atoms with Crippen LogP contribution < -0.4 is 20.1 Å². The topological polar surface area (TPSA) is 85.9 Å². The first-order valence-corrected chi connectivity index (χ1v) is 11.7. The Morgan fingerprint density at radius 3 is 2.58 bits per heavy atom. The molecule has 2 aromatic rings. The van der Waals surface area contributed by atoms with Crippen LogP contribution in [0.5, 0.6) is 11.5 Å². The number of nitrogens with one attached hydrogen (secondary N) is 2. The molecular formula is C25H27BrN2O5. The Morgan fingerprint density at radius 1 is 1.18 bits per heavy atom. The standard InChI is InChI=1S/C25H27BrN2O5/c1-5-33-19-12-14(11-15(26)24(19)31-3)22-21-18(27-16-8-6-7-9-17(16)28-22)10-13(2)20(23(21)29)25(30)32-4/h6-9,11-13,20,22,27-28H,5,10H2,1-4H3. The molecule has 4 rings (SSSR count). The van der Waals surface area contributed by atoms with Gasteiger partial charge in [-0.1, -0.05) is 19.1 Å². The van der Waals surface area contributed by atoms with Gasteiger partial charge in [0.15, 0.2) is 17.3 Å². The number of esters is 1. The SMILES string of the molecule is CCOc1cc(C2Nc3ccccc3NC3=C2C(=O)C(C(=O)OC)C(C)C3)cc(Br)c1OC. The van der Waals surface area contributed by atoms with Gasteiger partial charge >= 0.3 is 5.97 Å². The molecule has 1 aliphatic heterocycles. The highest BCUT2D eigenvalue weighted by Gasteiger charge is 2.44. The second-order valence-corrected chi connectivity index (χ2v) is 9.01. The van der Waals surface area contributed by atoms with E-state index in [0.29, 0.717) is 34.6 Å². The molecule has 1 aliphatic carbocycles. The monoisotopic (exact) mass is 514 g/mol. The zero-order chi connectivity index (χ0) is 23.7. The van der Waals surface area contributed by atoms with Crippen molar-refractivity contribution in [3.05, 3.63) is 57.7 Å². The maximum atomic E-state index is 13.8. The molecule has 0 spiro atoms. The van der Waals surface area contributed by atoms with Crippen molar-refractivity contribution < 1.29 is 23.8 Å². The number of para-hydroxylation sites is 2. The molecule has 0 saturated heterocycles. The number of methoxy groups -OCH3 is 2. The van der Waals surface area contributed by atoms with Gasteiger partial charge in [0.05, 0.1) is 42.7 Å². The summed E-state index contributed by atoms with van der Waals surface area (Å²) in [5.41, 5.74) is 3.88. The first-order chi connectivity index (χ1) is 15.9. The van der Waals surface area contributed by atoms with Crippen LogP contribution in [0.25, 0.3) is 0 Å². The lowest BCUT2D eigenvalue weighted by Gasteiger charge is -2.32. The normalized spacial score (nSPS) is 21.7. The van der Waals surface area contributed by atoms with E-state index in [9.17, 15) is 9.59 Å². The minimum absolute atomic E-state index is 0.191. The van der Waals surface area contributed by atoms with Crippen molar-refractivity contribution in [3.63, 3.8) is 0 Å². The fourth-order valence-electron chi connectivity index (χ4n) is 4.60. The van der Waals surface area contributed by atoms with Crippen molar-refractivity contribution in [2.45, 2.75) is 26.3 Å². The number of carbonyl (C=O) groups is 2. The number of allylic oxidation sites excluding steroid dienone is 1. The van der Waals surface area contributed by atoms with Gasteiger partial charge in [-0.3, -0.25) is 9.59 Å². The van der Waals surface area contributed by atoms with E-state index in [0.717, 1.165) is 22.6 Å². The lowest BCUT2D eigenvalue weighted by atomic mass is 9.75. The van der Waals surface area contributed by atoms with E-state index in [2.05, 4.69) is 26.6 Å². The van der Waals surface area contributed by atoms with Crippen LogP contribution in [0, 0.1) is 11.8 Å². The Hall–Kier alpha value is -3.00. The highest BCUT2D eigenvalue weighted by atomic mass is 79.9. The summed E-state index contributed by atoms with van der Waals surface area (Å²) in [4.78, 5) is 26.3. The van der Waals surface area contributed by atoms with Gasteiger partial charge in [0.2, 0.25) is 0 Å². The molecule has 8 heteroatoms. The summed E-state index contributed by atoms with van der Waals surface area (Å²) >= 11 is 3.58. The molecule has 0 saturated carbocycles. The number of Topliss-reactive ketones (excluding diaryl/α,β-unsaturated/α-hetero) is 1. The number of ketones is 1. The Balaban J connectivity index is 1.91. The fourth-order valence-corrected chi connectivity index (χ4v) is 5.22. The Bertz CT molecular complexity index is 1130. The zero-order valence-corrected chi connectivity index (χ0v) is 20.6. The van der Waals surface area contributed by atoms with Gasteiger partial charge in [-0.2, -0.15) is 0 Å². The molecule has 3 unspecified atom stereocenters. The van der Waals surface area contributed by atoms with Crippen LogP contribution in [0.2, 0.25) is 0 Å². The minimum atomic E-state index is -0.853. The van der Waals surface area contributed by atoms with Crippen LogP contribution in [0.1, 0.15) is 31.9 Å². The molecule has 33 heavy (non-hydrogen) atoms. The Kier molecular flexibility index (Phi) is 6.65. The van der Waals surface area contributed by atoms with Crippen molar-refractivity contribution >= 4 is 39.1 Å². The van der Waals surface area contributed by atoms with Crippen molar-refractivity contribution in [1.82, 2.24) is 0 Å². The fraction of sp³-hybridized carbons (Fsp3) is 0.360. The van der Waals surface area contributed by atoms with Gasteiger partial charge in [-0.15, -0.1) is 0 Å². The summed E-state index contributed by atoms with van der Waals surface area (Å²) in [5, 5.41) is 6.97. The van der Waals surface area contributed by atoms with Gasteiger partial charge in [0, 0.05) is 11.3 Å². The third kappa shape index (κ3) is 4.19. The van der Waals surface area contributed by atoms with Crippen LogP contribution in [-0.4, -0.2) is 32.6 Å². The molecule has 1 heterocycles. The van der Waals surface area contributed by atoms with Gasteiger partial charge < -0.3 is 24.8 Å². The van der Waals surface area contributed by atoms with Crippen molar-refractivity contribution in [1.29, 1.82) is 0 Å². The highest BCUT2D eigenvalue weighted by molar-refractivity contribution is 9.10. The second-order valence-electron chi connectivity index (χ2n) is 8.15.